The Kier molecular flexibility index (Phi) is 4.69. The molecule has 0 amide bonds. The second-order valence-corrected chi connectivity index (χ2v) is 5.26. The molecule has 0 nitrogen and oxygen atoms in total. The van der Waals surface area contributed by atoms with E-state index in [1.165, 1.54) is 44.9 Å². The van der Waals surface area contributed by atoms with Crippen molar-refractivity contribution in [1.29, 1.82) is 0 Å². The van der Waals surface area contributed by atoms with Crippen LogP contribution in [0.3, 0.4) is 0 Å². The molecule has 0 heteroatoms. The predicted octanol–water partition coefficient (Wildman–Crippen LogP) is 4.81. The lowest BCUT2D eigenvalue weighted by Gasteiger charge is -2.12. The summed E-state index contributed by atoms with van der Waals surface area (Å²) in [6, 6.07) is 0. The Balaban J connectivity index is 1.62. The second-order valence-electron chi connectivity index (χ2n) is 5.26. The molecule has 0 heterocycles. The number of allylic oxidation sites excluding steroid dienone is 4. The van der Waals surface area contributed by atoms with Crippen LogP contribution >= 0.6 is 0 Å². The third-order valence-corrected chi connectivity index (χ3v) is 3.89. The Morgan fingerprint density at radius 1 is 1.06 bits per heavy atom. The van der Waals surface area contributed by atoms with Crippen molar-refractivity contribution in [1.82, 2.24) is 0 Å². The van der Waals surface area contributed by atoms with Crippen LogP contribution in [-0.4, -0.2) is 0 Å². The molecule has 0 aromatic rings. The van der Waals surface area contributed by atoms with Gasteiger partial charge in [0.05, 0.1) is 0 Å². The minimum atomic E-state index is 0.630. The van der Waals surface area contributed by atoms with Gasteiger partial charge in [0.15, 0.2) is 0 Å². The van der Waals surface area contributed by atoms with Gasteiger partial charge < -0.3 is 0 Å². The van der Waals surface area contributed by atoms with E-state index in [0.29, 0.717) is 5.92 Å². The highest BCUT2D eigenvalue weighted by Crippen LogP contribution is 2.41. The zero-order chi connectivity index (χ0) is 11.2. The Morgan fingerprint density at radius 3 is 2.69 bits per heavy atom. The summed E-state index contributed by atoms with van der Waals surface area (Å²) in [6.07, 6.45) is 22.6. The molecule has 0 aromatic carbocycles. The number of unbranched alkanes of at least 4 members (excludes halogenated alkanes) is 4. The molecule has 2 rings (SSSR count). The highest BCUT2D eigenvalue weighted by molar-refractivity contribution is 5.20. The molecular formula is C16H24. The van der Waals surface area contributed by atoms with Crippen LogP contribution in [0.1, 0.15) is 51.9 Å². The topological polar surface area (TPSA) is 0 Å². The molecular weight excluding hydrogens is 192 g/mol. The first-order chi connectivity index (χ1) is 7.90. The molecule has 3 atom stereocenters. The van der Waals surface area contributed by atoms with Crippen LogP contribution in [0.4, 0.5) is 0 Å². The van der Waals surface area contributed by atoms with Gasteiger partial charge in [-0.05, 0) is 37.0 Å². The summed E-state index contributed by atoms with van der Waals surface area (Å²) >= 11 is 0. The van der Waals surface area contributed by atoms with Crippen molar-refractivity contribution in [3.05, 3.63) is 30.7 Å². The van der Waals surface area contributed by atoms with E-state index in [1.54, 1.807) is 0 Å². The third kappa shape index (κ3) is 3.23. The number of hydrogen-bond donors (Lipinski definition) is 0. The van der Waals surface area contributed by atoms with Crippen molar-refractivity contribution in [3.8, 4) is 0 Å². The molecule has 1 saturated carbocycles. The van der Waals surface area contributed by atoms with Gasteiger partial charge in [0.25, 0.3) is 0 Å². The quantitative estimate of drug-likeness (QED) is 0.559. The summed E-state index contributed by atoms with van der Waals surface area (Å²) in [5.74, 6) is 2.17. The van der Waals surface area contributed by atoms with Crippen molar-refractivity contribution in [2.45, 2.75) is 51.9 Å². The first kappa shape index (κ1) is 12.0. The Hall–Kier alpha value is -0.520. The molecule has 2 radical (unpaired) electrons. The number of rotatable bonds is 6. The van der Waals surface area contributed by atoms with Crippen molar-refractivity contribution in [2.75, 3.05) is 0 Å². The van der Waals surface area contributed by atoms with Crippen LogP contribution in [0.25, 0.3) is 0 Å². The van der Waals surface area contributed by atoms with E-state index in [1.807, 2.05) is 0 Å². The van der Waals surface area contributed by atoms with Crippen molar-refractivity contribution < 1.29 is 0 Å². The number of hydrogen-bond acceptors (Lipinski definition) is 0. The molecule has 2 aliphatic rings. The van der Waals surface area contributed by atoms with Gasteiger partial charge >= 0.3 is 0 Å². The molecule has 2 aliphatic carbocycles. The second kappa shape index (κ2) is 6.27. The average Bonchev–Trinajstić information content (AvgIpc) is 2.71. The van der Waals surface area contributed by atoms with Gasteiger partial charge in [0.2, 0.25) is 0 Å². The highest BCUT2D eigenvalue weighted by atomic mass is 14.4. The summed E-state index contributed by atoms with van der Waals surface area (Å²) in [4.78, 5) is 0. The normalized spacial score (nSPS) is 31.9. The fourth-order valence-corrected chi connectivity index (χ4v) is 2.92. The third-order valence-electron chi connectivity index (χ3n) is 3.89. The molecule has 0 spiro atoms. The van der Waals surface area contributed by atoms with Crippen molar-refractivity contribution in [3.63, 3.8) is 0 Å². The van der Waals surface area contributed by atoms with Gasteiger partial charge in [-0.15, -0.1) is 0 Å². The molecule has 16 heavy (non-hydrogen) atoms. The highest BCUT2D eigenvalue weighted by Gasteiger charge is 2.31. The van der Waals surface area contributed by atoms with Crippen LogP contribution < -0.4 is 0 Å². The van der Waals surface area contributed by atoms with Gasteiger partial charge in [-0.1, -0.05) is 63.3 Å². The first-order valence-corrected chi connectivity index (χ1v) is 7.01. The smallest absolute Gasteiger partial charge is 0.00588 e. The lowest BCUT2D eigenvalue weighted by molar-refractivity contribution is 0.486. The van der Waals surface area contributed by atoms with Crippen molar-refractivity contribution in [2.24, 2.45) is 17.8 Å². The standard InChI is InChI=1S/C16H24/c1-2-3-4-5-6-9-14-12-15-10-7-8-11-16(15)13-14/h7-8,10-11,14-16H,2-6,9,12H2,1H3. The molecule has 3 unspecified atom stereocenters. The molecule has 0 N–H and O–H groups in total. The van der Waals surface area contributed by atoms with Gasteiger partial charge in [0.1, 0.15) is 0 Å². The predicted molar refractivity (Wildman–Crippen MR) is 70.0 cm³/mol. The molecule has 0 aliphatic heterocycles. The Labute approximate surface area is 101 Å². The van der Waals surface area contributed by atoms with Gasteiger partial charge in [-0.2, -0.15) is 0 Å². The maximum absolute atomic E-state index is 3.75. The van der Waals surface area contributed by atoms with E-state index in [4.69, 9.17) is 0 Å². The number of fused-ring (bicyclic) bond motifs is 1. The van der Waals surface area contributed by atoms with E-state index in [0.717, 1.165) is 11.8 Å². The van der Waals surface area contributed by atoms with Gasteiger partial charge in [-0.3, -0.25) is 0 Å². The fraction of sp³-hybridized carbons (Fsp3) is 0.688. The lowest BCUT2D eigenvalue weighted by atomic mass is 9.92. The fourth-order valence-electron chi connectivity index (χ4n) is 2.92. The van der Waals surface area contributed by atoms with Crippen LogP contribution in [0, 0.1) is 24.2 Å². The zero-order valence-corrected chi connectivity index (χ0v) is 10.5. The molecule has 0 aromatic heterocycles. The van der Waals surface area contributed by atoms with Crippen LogP contribution in [0.2, 0.25) is 0 Å². The summed E-state index contributed by atoms with van der Waals surface area (Å²) in [5, 5.41) is 0. The van der Waals surface area contributed by atoms with Crippen molar-refractivity contribution >= 4 is 0 Å². The minimum Gasteiger partial charge on any atom is -0.0808 e. The van der Waals surface area contributed by atoms with E-state index in [2.05, 4.69) is 37.6 Å². The van der Waals surface area contributed by atoms with Gasteiger partial charge in [0, 0.05) is 0 Å². The molecule has 88 valence electrons. The maximum Gasteiger partial charge on any atom is -0.00588 e. The largest absolute Gasteiger partial charge is 0.0808 e. The Bertz CT molecular complexity index is 229. The summed E-state index contributed by atoms with van der Waals surface area (Å²) in [5.41, 5.74) is 0. The molecule has 1 fully saturated rings. The summed E-state index contributed by atoms with van der Waals surface area (Å²) < 4.78 is 0. The zero-order valence-electron chi connectivity index (χ0n) is 10.5. The summed E-state index contributed by atoms with van der Waals surface area (Å²) in [6.45, 7) is 2.28. The minimum absolute atomic E-state index is 0.630. The van der Waals surface area contributed by atoms with Crippen LogP contribution in [0.5, 0.6) is 0 Å². The molecule has 0 bridgehead atoms. The first-order valence-electron chi connectivity index (χ1n) is 7.01. The van der Waals surface area contributed by atoms with Crippen LogP contribution in [0.15, 0.2) is 24.3 Å². The SMILES string of the molecule is CCCCCCCC1[C]C2C=CC=CC2C1. The molecule has 0 saturated heterocycles. The monoisotopic (exact) mass is 216 g/mol. The average molecular weight is 216 g/mol. The lowest BCUT2D eigenvalue weighted by Crippen LogP contribution is -2.03. The van der Waals surface area contributed by atoms with Crippen LogP contribution in [-0.2, 0) is 0 Å². The van der Waals surface area contributed by atoms with E-state index < -0.39 is 0 Å². The van der Waals surface area contributed by atoms with E-state index in [9.17, 15) is 0 Å². The van der Waals surface area contributed by atoms with E-state index in [-0.39, 0.29) is 0 Å². The van der Waals surface area contributed by atoms with E-state index >= 15 is 0 Å². The maximum atomic E-state index is 3.75. The summed E-state index contributed by atoms with van der Waals surface area (Å²) in [7, 11) is 0. The van der Waals surface area contributed by atoms with Gasteiger partial charge in [-0.25, -0.2) is 0 Å². The Morgan fingerprint density at radius 2 is 1.88 bits per heavy atom.